The number of halogens is 1. The van der Waals surface area contributed by atoms with Gasteiger partial charge in [0.2, 0.25) is 0 Å². The number of carbonyl (C=O) groups is 1. The first-order valence-corrected chi connectivity index (χ1v) is 5.64. The Labute approximate surface area is 110 Å². The molecule has 0 bridgehead atoms. The molecule has 0 unspecified atom stereocenters. The Bertz CT molecular complexity index is 476. The van der Waals surface area contributed by atoms with E-state index in [0.29, 0.717) is 6.54 Å². The zero-order chi connectivity index (χ0) is 13.5. The lowest BCUT2D eigenvalue weighted by Gasteiger charge is -2.11. The monoisotopic (exact) mass is 267 g/mol. The standard InChI is InChI=1S/C12H14FN3OS/c1-8(2)7-14-12(18)16-15-11(17)9-5-3-4-6-10(9)13/h3-6H,1,7H2,2H3,(H,15,17)(H2,14,16,18). The van der Waals surface area contributed by atoms with Crippen molar-refractivity contribution < 1.29 is 9.18 Å². The lowest BCUT2D eigenvalue weighted by Crippen LogP contribution is -2.47. The second-order valence-electron chi connectivity index (χ2n) is 3.70. The molecule has 18 heavy (non-hydrogen) atoms. The molecular formula is C12H14FN3OS. The third-order valence-corrected chi connectivity index (χ3v) is 2.21. The molecule has 0 atom stereocenters. The van der Waals surface area contributed by atoms with Crippen molar-refractivity contribution in [1.82, 2.24) is 16.2 Å². The van der Waals surface area contributed by atoms with Gasteiger partial charge in [-0.15, -0.1) is 0 Å². The van der Waals surface area contributed by atoms with Gasteiger partial charge in [-0.2, -0.15) is 0 Å². The lowest BCUT2D eigenvalue weighted by molar-refractivity contribution is 0.0939. The van der Waals surface area contributed by atoms with Crippen molar-refractivity contribution in [2.75, 3.05) is 6.54 Å². The van der Waals surface area contributed by atoms with E-state index in [4.69, 9.17) is 12.2 Å². The molecule has 0 heterocycles. The summed E-state index contributed by atoms with van der Waals surface area (Å²) >= 11 is 4.90. The van der Waals surface area contributed by atoms with Crippen molar-refractivity contribution in [1.29, 1.82) is 0 Å². The van der Waals surface area contributed by atoms with Crippen LogP contribution in [0.1, 0.15) is 17.3 Å². The van der Waals surface area contributed by atoms with Crippen molar-refractivity contribution in [2.24, 2.45) is 0 Å². The summed E-state index contributed by atoms with van der Waals surface area (Å²) in [5, 5.41) is 3.05. The summed E-state index contributed by atoms with van der Waals surface area (Å²) in [5.41, 5.74) is 5.63. The minimum Gasteiger partial charge on any atom is -0.358 e. The zero-order valence-corrected chi connectivity index (χ0v) is 10.7. The molecule has 96 valence electrons. The van der Waals surface area contributed by atoms with Gasteiger partial charge in [0.15, 0.2) is 5.11 Å². The highest BCUT2D eigenvalue weighted by Crippen LogP contribution is 2.04. The first-order chi connectivity index (χ1) is 8.50. The van der Waals surface area contributed by atoms with Crippen molar-refractivity contribution >= 4 is 23.2 Å². The van der Waals surface area contributed by atoms with Gasteiger partial charge in [0, 0.05) is 6.54 Å². The van der Waals surface area contributed by atoms with E-state index in [1.165, 1.54) is 18.2 Å². The van der Waals surface area contributed by atoms with E-state index in [9.17, 15) is 9.18 Å². The second kappa shape index (κ2) is 6.70. The molecular weight excluding hydrogens is 253 g/mol. The van der Waals surface area contributed by atoms with Gasteiger partial charge in [0.05, 0.1) is 5.56 Å². The van der Waals surface area contributed by atoms with Gasteiger partial charge in [-0.3, -0.25) is 15.6 Å². The number of carbonyl (C=O) groups excluding carboxylic acids is 1. The van der Waals surface area contributed by atoms with Gasteiger partial charge < -0.3 is 5.32 Å². The SMILES string of the molecule is C=C(C)CNC(=S)NNC(=O)c1ccccc1F. The Kier molecular flexibility index (Phi) is 5.26. The summed E-state index contributed by atoms with van der Waals surface area (Å²) in [6.07, 6.45) is 0. The first kappa shape index (κ1) is 14.1. The van der Waals surface area contributed by atoms with Crippen LogP contribution in [-0.2, 0) is 0 Å². The molecule has 0 aliphatic heterocycles. The molecule has 0 aliphatic rings. The van der Waals surface area contributed by atoms with Gasteiger partial charge in [-0.25, -0.2) is 4.39 Å². The Morgan fingerprint density at radius 3 is 2.67 bits per heavy atom. The summed E-state index contributed by atoms with van der Waals surface area (Å²) in [5.74, 6) is -1.18. The van der Waals surface area contributed by atoms with Gasteiger partial charge in [-0.05, 0) is 31.3 Å². The van der Waals surface area contributed by atoms with E-state index >= 15 is 0 Å². The summed E-state index contributed by atoms with van der Waals surface area (Å²) in [4.78, 5) is 11.6. The number of nitrogens with one attached hydrogen (secondary N) is 3. The molecule has 0 spiro atoms. The van der Waals surface area contributed by atoms with E-state index in [1.54, 1.807) is 6.07 Å². The van der Waals surface area contributed by atoms with Gasteiger partial charge in [0.1, 0.15) is 5.82 Å². The highest BCUT2D eigenvalue weighted by Gasteiger charge is 2.10. The molecule has 6 heteroatoms. The molecule has 0 aliphatic carbocycles. The molecule has 1 rings (SSSR count). The van der Waals surface area contributed by atoms with Crippen LogP contribution >= 0.6 is 12.2 Å². The predicted octanol–water partition coefficient (Wildman–Crippen LogP) is 1.51. The quantitative estimate of drug-likeness (QED) is 0.441. The minimum atomic E-state index is -0.590. The number of thiocarbonyl (C=S) groups is 1. The molecule has 3 N–H and O–H groups in total. The van der Waals surface area contributed by atoms with E-state index in [1.807, 2.05) is 6.92 Å². The normalized spacial score (nSPS) is 9.44. The average molecular weight is 267 g/mol. The van der Waals surface area contributed by atoms with Crippen molar-refractivity contribution in [3.05, 3.63) is 47.8 Å². The molecule has 0 saturated heterocycles. The van der Waals surface area contributed by atoms with E-state index < -0.39 is 11.7 Å². The maximum absolute atomic E-state index is 13.3. The lowest BCUT2D eigenvalue weighted by atomic mass is 10.2. The Balaban J connectivity index is 2.45. The molecule has 0 aromatic heterocycles. The van der Waals surface area contributed by atoms with Crippen LogP contribution in [0.3, 0.4) is 0 Å². The van der Waals surface area contributed by atoms with E-state index in [2.05, 4.69) is 22.7 Å². The third kappa shape index (κ3) is 4.50. The fourth-order valence-corrected chi connectivity index (χ4v) is 1.22. The largest absolute Gasteiger partial charge is 0.358 e. The summed E-state index contributed by atoms with van der Waals surface area (Å²) < 4.78 is 13.3. The van der Waals surface area contributed by atoms with Crippen LogP contribution < -0.4 is 16.2 Å². The minimum absolute atomic E-state index is 0.0484. The maximum atomic E-state index is 13.3. The van der Waals surface area contributed by atoms with Gasteiger partial charge in [0.25, 0.3) is 5.91 Å². The summed E-state index contributed by atoms with van der Waals surface area (Å²) in [6.45, 7) is 6.04. The third-order valence-electron chi connectivity index (χ3n) is 1.96. The van der Waals surface area contributed by atoms with Crippen LogP contribution in [0.15, 0.2) is 36.4 Å². The van der Waals surface area contributed by atoms with Crippen molar-refractivity contribution in [3.8, 4) is 0 Å². The van der Waals surface area contributed by atoms with E-state index in [-0.39, 0.29) is 10.7 Å². The molecule has 0 radical (unpaired) electrons. The molecule has 0 saturated carbocycles. The van der Waals surface area contributed by atoms with Crippen LogP contribution in [0, 0.1) is 5.82 Å². The van der Waals surface area contributed by atoms with Crippen LogP contribution in [0.25, 0.3) is 0 Å². The van der Waals surface area contributed by atoms with Gasteiger partial charge in [-0.1, -0.05) is 24.3 Å². The Morgan fingerprint density at radius 2 is 2.06 bits per heavy atom. The van der Waals surface area contributed by atoms with Crippen LogP contribution in [0.5, 0.6) is 0 Å². The molecule has 4 nitrogen and oxygen atoms in total. The molecule has 1 amide bonds. The number of hydrazine groups is 1. The smallest absolute Gasteiger partial charge is 0.272 e. The number of amides is 1. The topological polar surface area (TPSA) is 53.2 Å². The molecule has 1 aromatic rings. The van der Waals surface area contributed by atoms with Crippen molar-refractivity contribution in [2.45, 2.75) is 6.92 Å². The fraction of sp³-hybridized carbons (Fsp3) is 0.167. The fourth-order valence-electron chi connectivity index (χ4n) is 1.10. The predicted molar refractivity (Wildman–Crippen MR) is 72.4 cm³/mol. The summed E-state index contributed by atoms with van der Waals surface area (Å²) in [7, 11) is 0. The zero-order valence-electron chi connectivity index (χ0n) is 9.92. The highest BCUT2D eigenvalue weighted by atomic mass is 32.1. The van der Waals surface area contributed by atoms with Crippen LogP contribution in [-0.4, -0.2) is 17.6 Å². The Hall–Kier alpha value is -1.95. The van der Waals surface area contributed by atoms with Crippen molar-refractivity contribution in [3.63, 3.8) is 0 Å². The molecule has 0 fully saturated rings. The van der Waals surface area contributed by atoms with Gasteiger partial charge >= 0.3 is 0 Å². The number of hydrogen-bond acceptors (Lipinski definition) is 2. The molecule has 1 aromatic carbocycles. The average Bonchev–Trinajstić information content (AvgIpc) is 2.34. The first-order valence-electron chi connectivity index (χ1n) is 5.24. The summed E-state index contributed by atoms with van der Waals surface area (Å²) in [6, 6.07) is 5.69. The Morgan fingerprint density at radius 1 is 1.39 bits per heavy atom. The van der Waals surface area contributed by atoms with E-state index in [0.717, 1.165) is 5.57 Å². The second-order valence-corrected chi connectivity index (χ2v) is 4.11. The van der Waals surface area contributed by atoms with Crippen LogP contribution in [0.2, 0.25) is 0 Å². The maximum Gasteiger partial charge on any atom is 0.272 e. The van der Waals surface area contributed by atoms with Crippen LogP contribution in [0.4, 0.5) is 4.39 Å². The number of benzene rings is 1. The number of rotatable bonds is 3. The highest BCUT2D eigenvalue weighted by molar-refractivity contribution is 7.80. The number of hydrogen-bond donors (Lipinski definition) is 3.